The van der Waals surface area contributed by atoms with Crippen LogP contribution in [0.2, 0.25) is 0 Å². The summed E-state index contributed by atoms with van der Waals surface area (Å²) in [6, 6.07) is 65.0. The van der Waals surface area contributed by atoms with Crippen molar-refractivity contribution in [2.45, 2.75) is 0 Å². The zero-order valence-electron chi connectivity index (χ0n) is 28.1. The predicted molar refractivity (Wildman–Crippen MR) is 218 cm³/mol. The normalized spacial score (nSPS) is 11.8. The standard InChI is InChI=1S/C50H30O2/c1-2-13-31(14-3-1)34-15-12-16-35(29-34)47-40-21-6-4-19-38(40)46(39-20-5-7-22-41(39)47)32-25-27-33(28-26-32)48-49-42(36-17-8-10-23-44(36)51-49)30-43-37-18-9-11-24-45(37)52-50(43)48/h1-30H. The summed E-state index contributed by atoms with van der Waals surface area (Å²) in [6.07, 6.45) is 0. The fraction of sp³-hybridized carbons (Fsp3) is 0. The monoisotopic (exact) mass is 662 g/mol. The summed E-state index contributed by atoms with van der Waals surface area (Å²) in [5, 5.41) is 9.34. The maximum atomic E-state index is 6.60. The highest BCUT2D eigenvalue weighted by molar-refractivity contribution is 6.23. The van der Waals surface area contributed by atoms with Gasteiger partial charge in [-0.25, -0.2) is 0 Å². The second kappa shape index (κ2) is 11.3. The van der Waals surface area contributed by atoms with Gasteiger partial charge in [-0.15, -0.1) is 0 Å². The molecular formula is C50H30O2. The van der Waals surface area contributed by atoms with Crippen molar-refractivity contribution in [2.24, 2.45) is 0 Å². The number of fused-ring (bicyclic) bond motifs is 8. The quantitative estimate of drug-likeness (QED) is 0.175. The summed E-state index contributed by atoms with van der Waals surface area (Å²) in [6.45, 7) is 0. The third-order valence-electron chi connectivity index (χ3n) is 10.7. The molecule has 0 fully saturated rings. The van der Waals surface area contributed by atoms with Crippen LogP contribution in [-0.4, -0.2) is 0 Å². The van der Waals surface area contributed by atoms with Gasteiger partial charge in [0.05, 0.1) is 5.56 Å². The molecule has 0 saturated carbocycles. The van der Waals surface area contributed by atoms with Gasteiger partial charge in [0, 0.05) is 21.5 Å². The SMILES string of the molecule is c1ccc(-c2cccc(-c3c4ccccc4c(-c4ccc(-c5c6oc7ccccc7c6cc6c5oc5ccccc56)cc4)c4ccccc34)c2)cc1. The minimum atomic E-state index is 0.846. The lowest BCUT2D eigenvalue weighted by Gasteiger charge is -2.18. The fourth-order valence-corrected chi connectivity index (χ4v) is 8.34. The number of benzene rings is 9. The molecule has 0 atom stereocenters. The van der Waals surface area contributed by atoms with Crippen LogP contribution in [0.15, 0.2) is 191 Å². The van der Waals surface area contributed by atoms with Crippen LogP contribution in [0.5, 0.6) is 0 Å². The zero-order chi connectivity index (χ0) is 34.2. The number of rotatable bonds is 4. The number of hydrogen-bond donors (Lipinski definition) is 0. The highest BCUT2D eigenvalue weighted by Gasteiger charge is 2.22. The van der Waals surface area contributed by atoms with Crippen LogP contribution < -0.4 is 0 Å². The lowest BCUT2D eigenvalue weighted by atomic mass is 9.85. The molecule has 2 heteroatoms. The van der Waals surface area contributed by atoms with Gasteiger partial charge in [-0.3, -0.25) is 0 Å². The van der Waals surface area contributed by atoms with Crippen molar-refractivity contribution >= 4 is 65.4 Å². The highest BCUT2D eigenvalue weighted by Crippen LogP contribution is 2.47. The van der Waals surface area contributed by atoms with Gasteiger partial charge in [0.25, 0.3) is 0 Å². The first-order valence-corrected chi connectivity index (χ1v) is 17.8. The van der Waals surface area contributed by atoms with Gasteiger partial charge in [0.2, 0.25) is 0 Å². The van der Waals surface area contributed by atoms with E-state index in [-0.39, 0.29) is 0 Å². The van der Waals surface area contributed by atoms with Gasteiger partial charge < -0.3 is 8.83 Å². The van der Waals surface area contributed by atoms with Crippen molar-refractivity contribution in [3.8, 4) is 44.5 Å². The van der Waals surface area contributed by atoms with E-state index in [0.717, 1.165) is 55.0 Å². The van der Waals surface area contributed by atoms with Crippen LogP contribution in [0.25, 0.3) is 110 Å². The summed E-state index contributed by atoms with van der Waals surface area (Å²) in [5.41, 5.74) is 12.8. The number of para-hydroxylation sites is 2. The van der Waals surface area contributed by atoms with Crippen molar-refractivity contribution in [3.05, 3.63) is 182 Å². The lowest BCUT2D eigenvalue weighted by Crippen LogP contribution is -1.91. The predicted octanol–water partition coefficient (Wildman–Crippen LogP) is 14.5. The van der Waals surface area contributed by atoms with Gasteiger partial charge in [0.1, 0.15) is 22.3 Å². The molecule has 52 heavy (non-hydrogen) atoms. The van der Waals surface area contributed by atoms with E-state index in [1.165, 1.54) is 54.9 Å². The fourth-order valence-electron chi connectivity index (χ4n) is 8.34. The Morgan fingerprint density at radius 1 is 0.231 bits per heavy atom. The molecule has 2 aromatic heterocycles. The molecule has 11 rings (SSSR count). The first kappa shape index (κ1) is 28.9. The highest BCUT2D eigenvalue weighted by atomic mass is 16.3. The largest absolute Gasteiger partial charge is 0.455 e. The first-order chi connectivity index (χ1) is 25.8. The molecule has 2 nitrogen and oxygen atoms in total. The molecule has 0 bridgehead atoms. The van der Waals surface area contributed by atoms with Crippen molar-refractivity contribution in [3.63, 3.8) is 0 Å². The molecule has 242 valence electrons. The van der Waals surface area contributed by atoms with Crippen LogP contribution in [-0.2, 0) is 0 Å². The smallest absolute Gasteiger partial charge is 0.147 e. The summed E-state index contributed by atoms with van der Waals surface area (Å²) in [5.74, 6) is 0. The van der Waals surface area contributed by atoms with E-state index in [2.05, 4.69) is 158 Å². The van der Waals surface area contributed by atoms with E-state index in [1.54, 1.807) is 0 Å². The van der Waals surface area contributed by atoms with Crippen LogP contribution in [0, 0.1) is 0 Å². The first-order valence-electron chi connectivity index (χ1n) is 17.8. The Morgan fingerprint density at radius 2 is 0.635 bits per heavy atom. The molecule has 2 heterocycles. The maximum absolute atomic E-state index is 6.60. The minimum Gasteiger partial charge on any atom is -0.455 e. The summed E-state index contributed by atoms with van der Waals surface area (Å²) in [7, 11) is 0. The third-order valence-corrected chi connectivity index (χ3v) is 10.7. The molecule has 0 radical (unpaired) electrons. The van der Waals surface area contributed by atoms with Crippen LogP contribution in [0.4, 0.5) is 0 Å². The summed E-state index contributed by atoms with van der Waals surface area (Å²) in [4.78, 5) is 0. The van der Waals surface area contributed by atoms with Crippen molar-refractivity contribution in [1.82, 2.24) is 0 Å². The van der Waals surface area contributed by atoms with Gasteiger partial charge in [-0.1, -0.05) is 158 Å². The molecular weight excluding hydrogens is 633 g/mol. The van der Waals surface area contributed by atoms with Crippen molar-refractivity contribution in [1.29, 1.82) is 0 Å². The van der Waals surface area contributed by atoms with Crippen LogP contribution >= 0.6 is 0 Å². The molecule has 0 saturated heterocycles. The number of hydrogen-bond acceptors (Lipinski definition) is 2. The van der Waals surface area contributed by atoms with E-state index in [1.807, 2.05) is 24.3 Å². The lowest BCUT2D eigenvalue weighted by molar-refractivity contribution is 0.658. The molecule has 0 amide bonds. The molecule has 0 spiro atoms. The van der Waals surface area contributed by atoms with Gasteiger partial charge >= 0.3 is 0 Å². The zero-order valence-corrected chi connectivity index (χ0v) is 28.1. The number of furan rings is 2. The Bertz CT molecular complexity index is 3020. The molecule has 0 aliphatic rings. The van der Waals surface area contributed by atoms with E-state index in [0.29, 0.717) is 0 Å². The van der Waals surface area contributed by atoms with Crippen molar-refractivity contribution < 1.29 is 8.83 Å². The topological polar surface area (TPSA) is 26.3 Å². The van der Waals surface area contributed by atoms with E-state index >= 15 is 0 Å². The molecule has 11 aromatic rings. The Morgan fingerprint density at radius 3 is 1.17 bits per heavy atom. The van der Waals surface area contributed by atoms with Crippen LogP contribution in [0.3, 0.4) is 0 Å². The Hall–Kier alpha value is -6.90. The Balaban J connectivity index is 1.13. The van der Waals surface area contributed by atoms with E-state index < -0.39 is 0 Å². The second-order valence-corrected chi connectivity index (χ2v) is 13.6. The Kier molecular flexibility index (Phi) is 6.28. The average Bonchev–Trinajstić information content (AvgIpc) is 3.77. The van der Waals surface area contributed by atoms with E-state index in [9.17, 15) is 0 Å². The van der Waals surface area contributed by atoms with Gasteiger partial charge in [-0.2, -0.15) is 0 Å². The second-order valence-electron chi connectivity index (χ2n) is 13.6. The van der Waals surface area contributed by atoms with Gasteiger partial charge in [0.15, 0.2) is 0 Å². The van der Waals surface area contributed by atoms with E-state index in [4.69, 9.17) is 8.83 Å². The average molecular weight is 663 g/mol. The summed E-state index contributed by atoms with van der Waals surface area (Å²) < 4.78 is 13.2. The van der Waals surface area contributed by atoms with Crippen molar-refractivity contribution in [2.75, 3.05) is 0 Å². The molecule has 0 unspecified atom stereocenters. The van der Waals surface area contributed by atoms with Gasteiger partial charge in [-0.05, 0) is 84.8 Å². The third kappa shape index (κ3) is 4.31. The molecule has 9 aromatic carbocycles. The molecule has 0 aliphatic carbocycles. The molecule has 0 N–H and O–H groups in total. The Labute approximate surface area is 299 Å². The van der Waals surface area contributed by atoms with Crippen LogP contribution in [0.1, 0.15) is 0 Å². The molecule has 0 aliphatic heterocycles. The minimum absolute atomic E-state index is 0.846. The summed E-state index contributed by atoms with van der Waals surface area (Å²) >= 11 is 0. The maximum Gasteiger partial charge on any atom is 0.147 e.